The van der Waals surface area contributed by atoms with Crippen molar-refractivity contribution in [3.63, 3.8) is 0 Å². The third-order valence-corrected chi connectivity index (χ3v) is 4.39. The first-order valence-electron chi connectivity index (χ1n) is 8.30. The van der Waals surface area contributed by atoms with Gasteiger partial charge in [-0.25, -0.2) is 4.79 Å². The van der Waals surface area contributed by atoms with Crippen molar-refractivity contribution in [1.29, 1.82) is 0 Å². The maximum Gasteiger partial charge on any atom is 0.341 e. The normalized spacial score (nSPS) is 16.2. The molecule has 1 aromatic rings. The highest BCUT2D eigenvalue weighted by atomic mass is 16.5. The van der Waals surface area contributed by atoms with E-state index in [9.17, 15) is 9.59 Å². The molecule has 1 N–H and O–H groups in total. The topological polar surface area (TPSA) is 66.8 Å². The third-order valence-electron chi connectivity index (χ3n) is 4.39. The van der Waals surface area contributed by atoms with Crippen molar-refractivity contribution in [3.8, 4) is 5.75 Å². The Bertz CT molecular complexity index is 536. The quantitative estimate of drug-likeness (QED) is 0.904. The van der Waals surface area contributed by atoms with Gasteiger partial charge in [0.2, 0.25) is 0 Å². The van der Waals surface area contributed by atoms with Crippen molar-refractivity contribution >= 4 is 11.9 Å². The molecule has 23 heavy (non-hydrogen) atoms. The molecule has 0 radical (unpaired) electrons. The standard InChI is InChI=1S/C18H25NO4/c1-19(15-9-5-3-2-4-6-10-15)18(22)14-8-7-11-16(12-14)23-13-17(20)21/h7-8,11-12,15H,2-6,9-10,13H2,1H3,(H,20,21). The molecule has 5 nitrogen and oxygen atoms in total. The van der Waals surface area contributed by atoms with Crippen LogP contribution in [-0.2, 0) is 4.79 Å². The van der Waals surface area contributed by atoms with Crippen molar-refractivity contribution in [2.75, 3.05) is 13.7 Å². The summed E-state index contributed by atoms with van der Waals surface area (Å²) in [5.74, 6) is -0.658. The number of ether oxygens (including phenoxy) is 1. The summed E-state index contributed by atoms with van der Waals surface area (Å²) in [6.45, 7) is -0.407. The summed E-state index contributed by atoms with van der Waals surface area (Å²) < 4.78 is 5.15. The van der Waals surface area contributed by atoms with Crippen LogP contribution in [0.1, 0.15) is 55.3 Å². The zero-order valence-corrected chi connectivity index (χ0v) is 13.7. The summed E-state index contributed by atoms with van der Waals surface area (Å²) in [5, 5.41) is 8.66. The van der Waals surface area contributed by atoms with Crippen molar-refractivity contribution in [2.45, 2.75) is 51.0 Å². The summed E-state index contributed by atoms with van der Waals surface area (Å²) in [6.07, 6.45) is 8.24. The maximum atomic E-state index is 12.7. The van der Waals surface area contributed by atoms with Gasteiger partial charge in [-0.05, 0) is 31.0 Å². The van der Waals surface area contributed by atoms with E-state index in [0.29, 0.717) is 11.3 Å². The Morgan fingerprint density at radius 3 is 2.48 bits per heavy atom. The second-order valence-corrected chi connectivity index (χ2v) is 6.13. The number of rotatable bonds is 5. The number of carbonyl (C=O) groups is 2. The van der Waals surface area contributed by atoms with E-state index in [0.717, 1.165) is 12.8 Å². The SMILES string of the molecule is CN(C(=O)c1cccc(OCC(=O)O)c1)C1CCCCCCC1. The summed E-state index contributed by atoms with van der Waals surface area (Å²) in [6, 6.07) is 7.03. The lowest BCUT2D eigenvalue weighted by atomic mass is 9.95. The number of hydrogen-bond acceptors (Lipinski definition) is 3. The van der Waals surface area contributed by atoms with Crippen LogP contribution < -0.4 is 4.74 Å². The average Bonchev–Trinajstić information content (AvgIpc) is 2.51. The van der Waals surface area contributed by atoms with Crippen molar-refractivity contribution in [2.24, 2.45) is 0 Å². The molecular formula is C18H25NO4. The molecule has 2 rings (SSSR count). The predicted octanol–water partition coefficient (Wildman–Crippen LogP) is 3.33. The fraction of sp³-hybridized carbons (Fsp3) is 0.556. The van der Waals surface area contributed by atoms with Gasteiger partial charge in [0.1, 0.15) is 5.75 Å². The number of hydrogen-bond donors (Lipinski definition) is 1. The zero-order chi connectivity index (χ0) is 16.7. The molecule has 5 heteroatoms. The van der Waals surface area contributed by atoms with E-state index >= 15 is 0 Å². The molecule has 0 aromatic heterocycles. The lowest BCUT2D eigenvalue weighted by Crippen LogP contribution is -2.37. The summed E-state index contributed by atoms with van der Waals surface area (Å²) in [7, 11) is 1.86. The first-order chi connectivity index (χ1) is 11.1. The average molecular weight is 319 g/mol. The Hall–Kier alpha value is -2.04. The minimum Gasteiger partial charge on any atom is -0.482 e. The summed E-state index contributed by atoms with van der Waals surface area (Å²) >= 11 is 0. The first-order valence-corrected chi connectivity index (χ1v) is 8.30. The van der Waals surface area contributed by atoms with Crippen molar-refractivity contribution in [3.05, 3.63) is 29.8 Å². The molecule has 1 aliphatic carbocycles. The van der Waals surface area contributed by atoms with E-state index in [1.807, 2.05) is 11.9 Å². The molecule has 1 amide bonds. The Morgan fingerprint density at radius 2 is 1.83 bits per heavy atom. The Morgan fingerprint density at radius 1 is 1.17 bits per heavy atom. The molecule has 1 aliphatic rings. The first kappa shape index (κ1) is 17.3. The summed E-state index contributed by atoms with van der Waals surface area (Å²) in [4.78, 5) is 25.1. The lowest BCUT2D eigenvalue weighted by Gasteiger charge is -2.30. The van der Waals surface area contributed by atoms with Crippen LogP contribution in [0.2, 0.25) is 0 Å². The third kappa shape index (κ3) is 5.27. The van der Waals surface area contributed by atoms with Crippen LogP contribution in [0, 0.1) is 0 Å². The van der Waals surface area contributed by atoms with Gasteiger partial charge in [0.25, 0.3) is 5.91 Å². The van der Waals surface area contributed by atoms with Gasteiger partial charge in [-0.1, -0.05) is 38.2 Å². The molecule has 1 fully saturated rings. The fourth-order valence-electron chi connectivity index (χ4n) is 3.06. The zero-order valence-electron chi connectivity index (χ0n) is 13.7. The molecule has 1 aromatic carbocycles. The van der Waals surface area contributed by atoms with Gasteiger partial charge < -0.3 is 14.7 Å². The van der Waals surface area contributed by atoms with E-state index in [2.05, 4.69) is 0 Å². The van der Waals surface area contributed by atoms with Crippen LogP contribution in [0.5, 0.6) is 5.75 Å². The van der Waals surface area contributed by atoms with Crippen LogP contribution in [-0.4, -0.2) is 41.6 Å². The molecule has 0 bridgehead atoms. The minimum atomic E-state index is -1.03. The van der Waals surface area contributed by atoms with Crippen molar-refractivity contribution < 1.29 is 19.4 Å². The number of benzene rings is 1. The molecule has 0 heterocycles. The monoisotopic (exact) mass is 319 g/mol. The minimum absolute atomic E-state index is 0.0312. The van der Waals surface area contributed by atoms with E-state index in [1.165, 1.54) is 32.1 Å². The highest BCUT2D eigenvalue weighted by molar-refractivity contribution is 5.94. The smallest absolute Gasteiger partial charge is 0.341 e. The molecule has 0 unspecified atom stereocenters. The largest absolute Gasteiger partial charge is 0.482 e. The highest BCUT2D eigenvalue weighted by Gasteiger charge is 2.22. The Balaban J connectivity index is 2.02. The molecule has 0 aliphatic heterocycles. The molecule has 1 saturated carbocycles. The fourth-order valence-corrected chi connectivity index (χ4v) is 3.06. The predicted molar refractivity (Wildman–Crippen MR) is 87.8 cm³/mol. The van der Waals surface area contributed by atoms with Crippen LogP contribution in [0.25, 0.3) is 0 Å². The second kappa shape index (κ2) is 8.56. The Kier molecular flexibility index (Phi) is 6.44. The van der Waals surface area contributed by atoms with Crippen LogP contribution >= 0.6 is 0 Å². The van der Waals surface area contributed by atoms with E-state index < -0.39 is 12.6 Å². The molecular weight excluding hydrogens is 294 g/mol. The van der Waals surface area contributed by atoms with Gasteiger partial charge in [-0.2, -0.15) is 0 Å². The van der Waals surface area contributed by atoms with Gasteiger partial charge in [-0.3, -0.25) is 4.79 Å². The lowest BCUT2D eigenvalue weighted by molar-refractivity contribution is -0.139. The van der Waals surface area contributed by atoms with E-state index in [4.69, 9.17) is 9.84 Å². The van der Waals surface area contributed by atoms with Crippen LogP contribution in [0.15, 0.2) is 24.3 Å². The van der Waals surface area contributed by atoms with E-state index in [1.54, 1.807) is 24.3 Å². The van der Waals surface area contributed by atoms with Gasteiger partial charge in [0.05, 0.1) is 0 Å². The molecule has 0 saturated heterocycles. The number of carboxylic acids is 1. The van der Waals surface area contributed by atoms with Crippen molar-refractivity contribution in [1.82, 2.24) is 4.90 Å². The number of aliphatic carboxylic acids is 1. The maximum absolute atomic E-state index is 12.7. The second-order valence-electron chi connectivity index (χ2n) is 6.13. The van der Waals surface area contributed by atoms with Crippen LogP contribution in [0.4, 0.5) is 0 Å². The van der Waals surface area contributed by atoms with Gasteiger partial charge in [0, 0.05) is 18.7 Å². The number of amides is 1. The molecule has 0 spiro atoms. The Labute approximate surface area is 137 Å². The molecule has 126 valence electrons. The highest BCUT2D eigenvalue weighted by Crippen LogP contribution is 2.23. The van der Waals surface area contributed by atoms with Crippen LogP contribution in [0.3, 0.4) is 0 Å². The van der Waals surface area contributed by atoms with Gasteiger partial charge >= 0.3 is 5.97 Å². The number of nitrogens with zero attached hydrogens (tertiary/aromatic N) is 1. The van der Waals surface area contributed by atoms with E-state index in [-0.39, 0.29) is 11.9 Å². The molecule has 0 atom stereocenters. The van der Waals surface area contributed by atoms with Gasteiger partial charge in [-0.15, -0.1) is 0 Å². The number of carboxylic acid groups (broad SMARTS) is 1. The van der Waals surface area contributed by atoms with Gasteiger partial charge in [0.15, 0.2) is 6.61 Å². The summed E-state index contributed by atoms with van der Waals surface area (Å²) in [5.41, 5.74) is 0.539. The number of carbonyl (C=O) groups excluding carboxylic acids is 1.